The molecule has 6 heteroatoms. The lowest BCUT2D eigenvalue weighted by molar-refractivity contribution is 1.14. The number of anilines is 2. The van der Waals surface area contributed by atoms with E-state index in [0.29, 0.717) is 5.82 Å². The summed E-state index contributed by atoms with van der Waals surface area (Å²) in [6, 6.07) is 8.02. The molecule has 112 valence electrons. The smallest absolute Gasteiger partial charge is 0.150 e. The maximum absolute atomic E-state index is 4.43. The fourth-order valence-corrected chi connectivity index (χ4v) is 2.48. The second kappa shape index (κ2) is 5.84. The number of H-pyrrole nitrogens is 1. The summed E-state index contributed by atoms with van der Waals surface area (Å²) in [6.07, 6.45) is 11.4. The molecule has 0 spiro atoms. The number of hydrogen-bond acceptors (Lipinski definition) is 5. The van der Waals surface area contributed by atoms with Crippen LogP contribution in [0.4, 0.5) is 11.6 Å². The first kappa shape index (κ1) is 13.4. The van der Waals surface area contributed by atoms with Crippen LogP contribution in [-0.2, 0) is 6.42 Å². The number of rotatable bonds is 4. The third-order valence-electron chi connectivity index (χ3n) is 3.58. The van der Waals surface area contributed by atoms with Gasteiger partial charge < -0.3 is 10.3 Å². The Morgan fingerprint density at radius 3 is 2.74 bits per heavy atom. The molecule has 2 N–H and O–H groups in total. The summed E-state index contributed by atoms with van der Waals surface area (Å²) in [6.45, 7) is 0. The molecule has 6 nitrogen and oxygen atoms in total. The highest BCUT2D eigenvalue weighted by Gasteiger charge is 2.05. The molecule has 4 aromatic heterocycles. The molecule has 0 amide bonds. The van der Waals surface area contributed by atoms with E-state index in [1.165, 1.54) is 5.56 Å². The number of fused-ring (bicyclic) bond motifs is 1. The predicted molar refractivity (Wildman–Crippen MR) is 88.5 cm³/mol. The minimum atomic E-state index is 0.676. The van der Waals surface area contributed by atoms with Crippen LogP contribution in [0, 0.1) is 0 Å². The van der Waals surface area contributed by atoms with Crippen molar-refractivity contribution in [2.45, 2.75) is 6.42 Å². The van der Waals surface area contributed by atoms with Gasteiger partial charge in [-0.15, -0.1) is 0 Å². The largest absolute Gasteiger partial charge is 0.346 e. The van der Waals surface area contributed by atoms with Gasteiger partial charge in [0.1, 0.15) is 17.3 Å². The molecular weight excluding hydrogens is 288 g/mol. The van der Waals surface area contributed by atoms with Crippen LogP contribution in [0.15, 0.2) is 61.4 Å². The standard InChI is InChI=1S/C17H14N6/c1-2-14-13(10-22-17(14)20-5-1)8-12-3-4-15(21-9-12)23-16-11-18-6-7-19-16/h1-7,9-11H,8H2,(H,20,22)(H,19,21,23). The lowest BCUT2D eigenvalue weighted by Crippen LogP contribution is -1.97. The minimum Gasteiger partial charge on any atom is -0.346 e. The van der Waals surface area contributed by atoms with Crippen molar-refractivity contribution in [3.05, 3.63) is 72.6 Å². The van der Waals surface area contributed by atoms with E-state index in [4.69, 9.17) is 0 Å². The number of hydrogen-bond donors (Lipinski definition) is 2. The van der Waals surface area contributed by atoms with Gasteiger partial charge >= 0.3 is 0 Å². The van der Waals surface area contributed by atoms with E-state index >= 15 is 0 Å². The van der Waals surface area contributed by atoms with E-state index in [-0.39, 0.29) is 0 Å². The van der Waals surface area contributed by atoms with Crippen LogP contribution in [0.3, 0.4) is 0 Å². The molecule has 4 aromatic rings. The third kappa shape index (κ3) is 2.87. The summed E-state index contributed by atoms with van der Waals surface area (Å²) in [5.74, 6) is 1.42. The van der Waals surface area contributed by atoms with Gasteiger partial charge in [-0.3, -0.25) is 4.98 Å². The van der Waals surface area contributed by atoms with Crippen LogP contribution < -0.4 is 5.32 Å². The fraction of sp³-hybridized carbons (Fsp3) is 0.0588. The Hall–Kier alpha value is -3.28. The quantitative estimate of drug-likeness (QED) is 0.605. The van der Waals surface area contributed by atoms with Crippen molar-refractivity contribution in [2.75, 3.05) is 5.32 Å². The highest BCUT2D eigenvalue weighted by molar-refractivity contribution is 5.79. The molecule has 0 aliphatic carbocycles. The molecule has 0 fully saturated rings. The van der Waals surface area contributed by atoms with Gasteiger partial charge in [0.05, 0.1) is 6.20 Å². The van der Waals surface area contributed by atoms with E-state index in [0.717, 1.165) is 28.8 Å². The molecule has 0 atom stereocenters. The van der Waals surface area contributed by atoms with Crippen LogP contribution in [0.5, 0.6) is 0 Å². The SMILES string of the molecule is c1cnc2[nH]cc(Cc3ccc(Nc4cnccn4)nc3)c2c1. The van der Waals surface area contributed by atoms with E-state index < -0.39 is 0 Å². The lowest BCUT2D eigenvalue weighted by Gasteiger charge is -2.05. The Morgan fingerprint density at radius 2 is 1.91 bits per heavy atom. The first-order valence-electron chi connectivity index (χ1n) is 7.27. The van der Waals surface area contributed by atoms with Gasteiger partial charge in [-0.05, 0) is 29.3 Å². The molecule has 0 aliphatic rings. The second-order valence-electron chi connectivity index (χ2n) is 5.16. The number of pyridine rings is 2. The first-order valence-corrected chi connectivity index (χ1v) is 7.27. The van der Waals surface area contributed by atoms with Crippen molar-refractivity contribution < 1.29 is 0 Å². The Labute approximate surface area is 132 Å². The van der Waals surface area contributed by atoms with Gasteiger partial charge in [0.15, 0.2) is 0 Å². The van der Waals surface area contributed by atoms with Gasteiger partial charge in [0.2, 0.25) is 0 Å². The molecule has 0 aromatic carbocycles. The molecule has 23 heavy (non-hydrogen) atoms. The molecule has 0 saturated carbocycles. The summed E-state index contributed by atoms with van der Waals surface area (Å²) in [5.41, 5.74) is 3.26. The van der Waals surface area contributed by atoms with Crippen LogP contribution in [0.1, 0.15) is 11.1 Å². The minimum absolute atomic E-state index is 0.676. The van der Waals surface area contributed by atoms with Crippen molar-refractivity contribution in [1.29, 1.82) is 0 Å². The summed E-state index contributed by atoms with van der Waals surface area (Å²) in [7, 11) is 0. The Kier molecular flexibility index (Phi) is 3.40. The normalized spacial score (nSPS) is 10.8. The van der Waals surface area contributed by atoms with Crippen LogP contribution in [0.25, 0.3) is 11.0 Å². The highest BCUT2D eigenvalue weighted by atomic mass is 15.1. The van der Waals surface area contributed by atoms with Gasteiger partial charge in [-0.1, -0.05) is 6.07 Å². The average molecular weight is 302 g/mol. The monoisotopic (exact) mass is 302 g/mol. The average Bonchev–Trinajstić information content (AvgIpc) is 3.01. The number of nitrogens with one attached hydrogen (secondary N) is 2. The van der Waals surface area contributed by atoms with Crippen molar-refractivity contribution in [3.63, 3.8) is 0 Å². The molecule has 4 heterocycles. The summed E-state index contributed by atoms with van der Waals surface area (Å²) >= 11 is 0. The number of aromatic nitrogens is 5. The van der Waals surface area contributed by atoms with Crippen LogP contribution in [-0.4, -0.2) is 24.9 Å². The first-order chi connectivity index (χ1) is 11.4. The van der Waals surface area contributed by atoms with E-state index in [1.807, 2.05) is 24.5 Å². The number of nitrogens with zero attached hydrogens (tertiary/aromatic N) is 4. The molecule has 0 aliphatic heterocycles. The number of aromatic amines is 1. The molecular formula is C17H14N6. The third-order valence-corrected chi connectivity index (χ3v) is 3.58. The zero-order valence-electron chi connectivity index (χ0n) is 12.3. The van der Waals surface area contributed by atoms with E-state index in [2.05, 4.69) is 42.4 Å². The Balaban J connectivity index is 1.52. The van der Waals surface area contributed by atoms with Crippen molar-refractivity contribution in [1.82, 2.24) is 24.9 Å². The van der Waals surface area contributed by atoms with Gasteiger partial charge in [-0.2, -0.15) is 0 Å². The molecule has 4 rings (SSSR count). The van der Waals surface area contributed by atoms with E-state index in [9.17, 15) is 0 Å². The van der Waals surface area contributed by atoms with Crippen molar-refractivity contribution in [2.24, 2.45) is 0 Å². The Bertz CT molecular complexity index is 915. The van der Waals surface area contributed by atoms with Gasteiger partial charge in [-0.25, -0.2) is 15.0 Å². The lowest BCUT2D eigenvalue weighted by atomic mass is 10.1. The molecule has 0 unspecified atom stereocenters. The Morgan fingerprint density at radius 1 is 0.913 bits per heavy atom. The zero-order chi connectivity index (χ0) is 15.5. The maximum Gasteiger partial charge on any atom is 0.150 e. The topological polar surface area (TPSA) is 79.4 Å². The zero-order valence-corrected chi connectivity index (χ0v) is 12.3. The van der Waals surface area contributed by atoms with Crippen LogP contribution >= 0.6 is 0 Å². The van der Waals surface area contributed by atoms with Crippen molar-refractivity contribution in [3.8, 4) is 0 Å². The van der Waals surface area contributed by atoms with Gasteiger partial charge in [0, 0.05) is 42.8 Å². The molecule has 0 bridgehead atoms. The summed E-state index contributed by atoms with van der Waals surface area (Å²) in [4.78, 5) is 20.1. The van der Waals surface area contributed by atoms with E-state index in [1.54, 1.807) is 24.8 Å². The second-order valence-corrected chi connectivity index (χ2v) is 5.16. The molecule has 0 saturated heterocycles. The highest BCUT2D eigenvalue weighted by Crippen LogP contribution is 2.20. The van der Waals surface area contributed by atoms with Gasteiger partial charge in [0.25, 0.3) is 0 Å². The van der Waals surface area contributed by atoms with Crippen LogP contribution in [0.2, 0.25) is 0 Å². The maximum atomic E-state index is 4.43. The summed E-state index contributed by atoms with van der Waals surface area (Å²) in [5, 5.41) is 4.27. The van der Waals surface area contributed by atoms with Crippen molar-refractivity contribution >= 4 is 22.7 Å². The fourth-order valence-electron chi connectivity index (χ4n) is 2.48. The summed E-state index contributed by atoms with van der Waals surface area (Å²) < 4.78 is 0. The predicted octanol–water partition coefficient (Wildman–Crippen LogP) is 3.08. The molecule has 0 radical (unpaired) electrons.